The highest BCUT2D eigenvalue weighted by molar-refractivity contribution is 6.07. The molecule has 0 unspecified atom stereocenters. The van der Waals surface area contributed by atoms with E-state index in [0.29, 0.717) is 181 Å². The van der Waals surface area contributed by atoms with Crippen molar-refractivity contribution in [1.29, 1.82) is 0 Å². The fraction of sp³-hybridized carbons (Fsp3) is 0.125. The van der Waals surface area contributed by atoms with Crippen molar-refractivity contribution in [3.05, 3.63) is 146 Å². The zero-order valence-corrected chi connectivity index (χ0v) is 48.4. The molecule has 0 aliphatic carbocycles. The van der Waals surface area contributed by atoms with Gasteiger partial charge in [-0.3, -0.25) is 0 Å². The monoisotopic (exact) mass is 1170 g/mol. The van der Waals surface area contributed by atoms with E-state index in [0.717, 1.165) is 0 Å². The Hall–Kier alpha value is -12.1. The molecule has 8 aromatic carbocycles. The van der Waals surface area contributed by atoms with E-state index in [4.69, 9.17) is 67.8 Å². The predicted molar refractivity (Wildman–Crippen MR) is 331 cm³/mol. The van der Waals surface area contributed by atoms with Crippen LogP contribution in [0.1, 0.15) is 0 Å². The largest absolute Gasteiger partial charge is 0.497 e. The van der Waals surface area contributed by atoms with Crippen LogP contribution in [0, 0.1) is 0 Å². The number of azo groups is 4. The van der Waals surface area contributed by atoms with E-state index in [2.05, 4.69) is 50.9 Å². The number of aromatic amines is 2. The van der Waals surface area contributed by atoms with Gasteiger partial charge in [0.1, 0.15) is 91.3 Å². The molecule has 2 aliphatic heterocycles. The van der Waals surface area contributed by atoms with Crippen LogP contribution in [0.25, 0.3) is 89.7 Å². The number of ether oxygens (including phenoxy) is 8. The summed E-state index contributed by atoms with van der Waals surface area (Å²) in [6.45, 7) is 0. The van der Waals surface area contributed by atoms with Gasteiger partial charge in [0, 0.05) is 68.1 Å². The first-order valence-electron chi connectivity index (χ1n) is 27.1. The Morgan fingerprint density at radius 1 is 0.250 bits per heavy atom. The number of methoxy groups -OCH3 is 8. The number of fused-ring (bicyclic) bond motifs is 20. The van der Waals surface area contributed by atoms with Crippen LogP contribution in [-0.2, 0) is 0 Å². The Kier molecular flexibility index (Phi) is 14.7. The van der Waals surface area contributed by atoms with Crippen LogP contribution in [0.2, 0.25) is 0 Å². The van der Waals surface area contributed by atoms with E-state index in [1.165, 1.54) is 0 Å². The van der Waals surface area contributed by atoms with Gasteiger partial charge in [-0.25, -0.2) is 29.9 Å². The summed E-state index contributed by atoms with van der Waals surface area (Å²) in [4.78, 5) is 38.5. The first-order valence-corrected chi connectivity index (χ1v) is 27.1. The van der Waals surface area contributed by atoms with E-state index in [1.54, 1.807) is 130 Å². The van der Waals surface area contributed by atoms with Gasteiger partial charge >= 0.3 is 0 Å². The molecule has 88 heavy (non-hydrogen) atoms. The minimum atomic E-state index is 0.315. The molecule has 3 aromatic heterocycles. The normalized spacial score (nSPS) is 11.9. The molecule has 24 heteroatoms. The number of nitrogens with zero attached hydrogens (tertiary/aromatic N) is 14. The average Bonchev–Trinajstić information content (AvgIpc) is 2.04. The molecular weight excluding hydrogens is 1120 g/mol. The number of rotatable bonds is 16. The molecule has 11 aromatic rings. The number of aromatic nitrogens is 8. The molecule has 0 atom stereocenters. The lowest BCUT2D eigenvalue weighted by atomic mass is 10.1. The molecule has 0 radical (unpaired) electrons. The van der Waals surface area contributed by atoms with Crippen LogP contribution in [0.15, 0.2) is 187 Å². The van der Waals surface area contributed by atoms with E-state index in [9.17, 15) is 0 Å². The zero-order valence-electron chi connectivity index (χ0n) is 48.4. The Labute approximate surface area is 500 Å². The van der Waals surface area contributed by atoms with Crippen molar-refractivity contribution in [3.63, 3.8) is 0 Å². The van der Waals surface area contributed by atoms with E-state index >= 15 is 0 Å². The second-order valence-electron chi connectivity index (χ2n) is 19.5. The molecule has 0 saturated heterocycles. The molecule has 0 saturated carbocycles. The molecule has 0 amide bonds. The summed E-state index contributed by atoms with van der Waals surface area (Å²) in [5, 5.41) is 39.6. The molecule has 434 valence electrons. The van der Waals surface area contributed by atoms with Gasteiger partial charge in [0.05, 0.1) is 79.6 Å². The van der Waals surface area contributed by atoms with Gasteiger partial charge in [0.25, 0.3) is 0 Å². The highest BCUT2D eigenvalue weighted by Crippen LogP contribution is 2.43. The van der Waals surface area contributed by atoms with Gasteiger partial charge in [0.15, 0.2) is 23.3 Å². The summed E-state index contributed by atoms with van der Waals surface area (Å²) in [5.74, 6) is 5.71. The van der Waals surface area contributed by atoms with Crippen LogP contribution in [-0.4, -0.2) is 96.8 Å². The first-order chi connectivity index (χ1) is 43.1. The van der Waals surface area contributed by atoms with Crippen molar-refractivity contribution in [2.75, 3.05) is 56.9 Å². The summed E-state index contributed by atoms with van der Waals surface area (Å²) in [6.07, 6.45) is 0. The van der Waals surface area contributed by atoms with Crippen molar-refractivity contribution in [2.45, 2.75) is 0 Å². The van der Waals surface area contributed by atoms with Crippen LogP contribution < -0.4 is 37.9 Å². The lowest BCUT2D eigenvalue weighted by Crippen LogP contribution is -1.86. The molecular formula is C64H50N16O8. The molecule has 2 N–H and O–H groups in total. The second kappa shape index (κ2) is 23.5. The highest BCUT2D eigenvalue weighted by atomic mass is 16.5. The van der Waals surface area contributed by atoms with Crippen molar-refractivity contribution < 1.29 is 37.9 Å². The molecule has 0 spiro atoms. The van der Waals surface area contributed by atoms with E-state index in [1.807, 2.05) is 72.8 Å². The van der Waals surface area contributed by atoms with Gasteiger partial charge in [0.2, 0.25) is 0 Å². The molecule has 5 heterocycles. The quantitative estimate of drug-likeness (QED) is 0.0851. The minimum Gasteiger partial charge on any atom is -0.497 e. The van der Waals surface area contributed by atoms with Crippen molar-refractivity contribution >= 4 is 89.6 Å². The van der Waals surface area contributed by atoms with Gasteiger partial charge in [-0.1, -0.05) is 0 Å². The topological polar surface area (TPSA) is 282 Å². The summed E-state index contributed by atoms with van der Waals surface area (Å²) in [7, 11) is 12.6. The third kappa shape index (κ3) is 10.7. The maximum absolute atomic E-state index is 5.61. The SMILES string of the molecule is COc1ccc(OC)c(N=Nc2ccc3c(c2)-c2nc-3nc3[nH]c(nc4nc(nc5[nH]c(n2)c2ccc(N=Nc6cc(OC)ccc6OC)cc52)-c2ccc(N=Nc5cc(OC)ccc5OC)cc2-4)c2ccc(N=Nc4cc(OC)ccc4OC)cc32)c1. The summed E-state index contributed by atoms with van der Waals surface area (Å²) >= 11 is 0. The molecule has 13 rings (SSSR count). The summed E-state index contributed by atoms with van der Waals surface area (Å²) in [5.41, 5.74) is 8.05. The Morgan fingerprint density at radius 3 is 0.841 bits per heavy atom. The second-order valence-corrected chi connectivity index (χ2v) is 19.5. The predicted octanol–water partition coefficient (Wildman–Crippen LogP) is 16.6. The van der Waals surface area contributed by atoms with Gasteiger partial charge in [-0.05, 0) is 121 Å². The van der Waals surface area contributed by atoms with Crippen LogP contribution in [0.4, 0.5) is 45.5 Å². The number of nitrogens with one attached hydrogen (secondary N) is 2. The van der Waals surface area contributed by atoms with Crippen LogP contribution >= 0.6 is 0 Å². The number of hydrogen-bond acceptors (Lipinski definition) is 22. The zero-order chi connectivity index (χ0) is 60.4. The Morgan fingerprint density at radius 2 is 0.534 bits per heavy atom. The molecule has 24 nitrogen and oxygen atoms in total. The first kappa shape index (κ1) is 55.1. The van der Waals surface area contributed by atoms with Crippen molar-refractivity contribution in [1.82, 2.24) is 39.9 Å². The number of benzene rings is 8. The molecule has 8 bridgehead atoms. The molecule has 0 fully saturated rings. The van der Waals surface area contributed by atoms with Crippen molar-refractivity contribution in [2.24, 2.45) is 40.9 Å². The number of hydrogen-bond donors (Lipinski definition) is 2. The number of H-pyrrole nitrogens is 2. The Balaban J connectivity index is 1.05. The van der Waals surface area contributed by atoms with Gasteiger partial charge < -0.3 is 47.9 Å². The smallest absolute Gasteiger partial charge is 0.164 e. The molecule has 2 aliphatic rings. The summed E-state index contributed by atoms with van der Waals surface area (Å²) < 4.78 is 44.4. The van der Waals surface area contributed by atoms with Gasteiger partial charge in [-0.2, -0.15) is 20.5 Å². The maximum Gasteiger partial charge on any atom is 0.164 e. The summed E-state index contributed by atoms with van der Waals surface area (Å²) in [6, 6.07) is 43.5. The average molecular weight is 1170 g/mol. The van der Waals surface area contributed by atoms with E-state index < -0.39 is 0 Å². The minimum absolute atomic E-state index is 0.315. The maximum atomic E-state index is 5.61. The van der Waals surface area contributed by atoms with Crippen molar-refractivity contribution in [3.8, 4) is 91.5 Å². The van der Waals surface area contributed by atoms with Crippen LogP contribution in [0.3, 0.4) is 0 Å². The fourth-order valence-corrected chi connectivity index (χ4v) is 9.94. The lowest BCUT2D eigenvalue weighted by Gasteiger charge is -2.06. The van der Waals surface area contributed by atoms with E-state index in [-0.39, 0.29) is 0 Å². The van der Waals surface area contributed by atoms with Crippen LogP contribution in [0.5, 0.6) is 46.0 Å². The van der Waals surface area contributed by atoms with Gasteiger partial charge in [-0.15, -0.1) is 20.5 Å². The highest BCUT2D eigenvalue weighted by Gasteiger charge is 2.24. The third-order valence-corrected chi connectivity index (χ3v) is 14.4. The Bertz CT molecular complexity index is 4600. The fourth-order valence-electron chi connectivity index (χ4n) is 9.94. The lowest BCUT2D eigenvalue weighted by molar-refractivity contribution is 0.404. The standard InChI is InChI=1S/C64H50N16O8/c1-81-37-13-21-53(85-5)49(29-37)77-73-33-9-17-41-45(25-33)61-65-57(41)70-62-47-27-35(75-79-51-31-39(83-3)15-23-55(51)87-7)11-19-43(47)59(67-62)72-64-48-28-36(76-80-52-32-40(84-4)16-24-56(52)88-8)12-20-44(48)60(68-64)71-63-46-26-34(10-18-42(46)58(66-63)69-61)74-78-50-30-38(82-2)14-22-54(50)86-6/h9-32H,1-8H3,(H2,65,66,67,68,69,70,71,72). The third-order valence-electron chi connectivity index (χ3n) is 14.4.